The fourth-order valence-corrected chi connectivity index (χ4v) is 2.62. The molecule has 5 nitrogen and oxygen atoms in total. The number of halogens is 3. The van der Waals surface area contributed by atoms with Crippen molar-refractivity contribution in [1.29, 1.82) is 0 Å². The predicted octanol–water partition coefficient (Wildman–Crippen LogP) is 5.07. The predicted molar refractivity (Wildman–Crippen MR) is 102 cm³/mol. The summed E-state index contributed by atoms with van der Waals surface area (Å²) in [6.45, 7) is 3.82. The highest BCUT2D eigenvalue weighted by Crippen LogP contribution is 2.32. The van der Waals surface area contributed by atoms with Crippen molar-refractivity contribution in [3.05, 3.63) is 59.7 Å². The van der Waals surface area contributed by atoms with Crippen LogP contribution < -0.4 is 10.1 Å². The number of carbonyl (C=O) groups excluding carboxylic acids is 2. The smallest absolute Gasteiger partial charge is 0.417 e. The first kappa shape index (κ1) is 22.3. The van der Waals surface area contributed by atoms with Crippen LogP contribution in [0.15, 0.2) is 48.5 Å². The summed E-state index contributed by atoms with van der Waals surface area (Å²) in [5, 5.41) is 2.46. The second-order valence-electron chi connectivity index (χ2n) is 6.30. The second kappa shape index (κ2) is 9.95. The molecule has 0 saturated heterocycles. The van der Waals surface area contributed by atoms with Gasteiger partial charge in [-0.25, -0.2) is 0 Å². The van der Waals surface area contributed by atoms with Gasteiger partial charge in [0.2, 0.25) is 0 Å². The third-order valence-electron chi connectivity index (χ3n) is 3.97. The van der Waals surface area contributed by atoms with E-state index in [1.807, 2.05) is 0 Å². The van der Waals surface area contributed by atoms with Gasteiger partial charge in [-0.3, -0.25) is 9.59 Å². The summed E-state index contributed by atoms with van der Waals surface area (Å²) in [5.74, 6) is -0.763. The molecule has 0 aliphatic carbocycles. The SMILES string of the molecule is CCOC(=O)CCC(C)Oc1cccc(NC(=O)c2ccccc2C(F)(F)F)c1. The van der Waals surface area contributed by atoms with Crippen LogP contribution in [0.2, 0.25) is 0 Å². The molecule has 2 aromatic carbocycles. The minimum Gasteiger partial charge on any atom is -0.491 e. The number of ether oxygens (including phenoxy) is 2. The average molecular weight is 409 g/mol. The lowest BCUT2D eigenvalue weighted by atomic mass is 10.1. The van der Waals surface area contributed by atoms with Crippen molar-refractivity contribution < 1.29 is 32.2 Å². The van der Waals surface area contributed by atoms with Gasteiger partial charge in [0.25, 0.3) is 5.91 Å². The number of hydrogen-bond donors (Lipinski definition) is 1. The standard InChI is InChI=1S/C21H22F3NO4/c1-3-28-19(26)12-11-14(2)29-16-8-6-7-15(13-16)25-20(27)17-9-4-5-10-18(17)21(22,23)24/h4-10,13-14H,3,11-12H2,1-2H3,(H,25,27). The van der Waals surface area contributed by atoms with Crippen LogP contribution in [0.3, 0.4) is 0 Å². The Kier molecular flexibility index (Phi) is 7.64. The molecule has 0 fully saturated rings. The topological polar surface area (TPSA) is 64.6 Å². The zero-order valence-electron chi connectivity index (χ0n) is 16.1. The van der Waals surface area contributed by atoms with Crippen molar-refractivity contribution in [2.24, 2.45) is 0 Å². The molecule has 0 radical (unpaired) electrons. The first-order chi connectivity index (χ1) is 13.7. The fourth-order valence-electron chi connectivity index (χ4n) is 2.62. The van der Waals surface area contributed by atoms with E-state index < -0.39 is 23.2 Å². The Hall–Kier alpha value is -3.03. The summed E-state index contributed by atoms with van der Waals surface area (Å²) in [5.41, 5.74) is -1.17. The number of rotatable bonds is 8. The molecule has 0 aliphatic heterocycles. The van der Waals surface area contributed by atoms with Crippen molar-refractivity contribution in [3.63, 3.8) is 0 Å². The van der Waals surface area contributed by atoms with Gasteiger partial charge in [-0.05, 0) is 44.5 Å². The van der Waals surface area contributed by atoms with E-state index >= 15 is 0 Å². The van der Waals surface area contributed by atoms with Crippen LogP contribution in [0.25, 0.3) is 0 Å². The van der Waals surface area contributed by atoms with Gasteiger partial charge in [0.15, 0.2) is 0 Å². The van der Waals surface area contributed by atoms with Crippen LogP contribution in [-0.4, -0.2) is 24.6 Å². The van der Waals surface area contributed by atoms with Crippen LogP contribution in [0.1, 0.15) is 42.6 Å². The highest BCUT2D eigenvalue weighted by molar-refractivity contribution is 6.05. The van der Waals surface area contributed by atoms with Gasteiger partial charge < -0.3 is 14.8 Å². The number of amides is 1. The summed E-state index contributed by atoms with van der Waals surface area (Å²) >= 11 is 0. The third-order valence-corrected chi connectivity index (χ3v) is 3.97. The molecule has 0 saturated carbocycles. The average Bonchev–Trinajstić information content (AvgIpc) is 2.66. The van der Waals surface area contributed by atoms with Crippen molar-refractivity contribution >= 4 is 17.6 Å². The van der Waals surface area contributed by atoms with E-state index in [4.69, 9.17) is 9.47 Å². The Balaban J connectivity index is 2.03. The molecule has 0 bridgehead atoms. The number of alkyl halides is 3. The maximum atomic E-state index is 13.1. The van der Waals surface area contributed by atoms with Crippen molar-refractivity contribution in [3.8, 4) is 5.75 Å². The van der Waals surface area contributed by atoms with Crippen LogP contribution in [0, 0.1) is 0 Å². The molecular formula is C21H22F3NO4. The molecule has 8 heteroatoms. The number of carbonyl (C=O) groups is 2. The van der Waals surface area contributed by atoms with E-state index in [9.17, 15) is 22.8 Å². The summed E-state index contributed by atoms with van der Waals surface area (Å²) < 4.78 is 49.9. The maximum absolute atomic E-state index is 13.1. The van der Waals surface area contributed by atoms with E-state index in [0.29, 0.717) is 24.5 Å². The van der Waals surface area contributed by atoms with Crippen LogP contribution in [0.4, 0.5) is 18.9 Å². The Bertz CT molecular complexity index is 852. The molecule has 0 aromatic heterocycles. The number of hydrogen-bond acceptors (Lipinski definition) is 4. The minimum atomic E-state index is -4.63. The van der Waals surface area contributed by atoms with Gasteiger partial charge in [0.05, 0.1) is 23.8 Å². The van der Waals surface area contributed by atoms with Gasteiger partial charge in [-0.2, -0.15) is 13.2 Å². The van der Waals surface area contributed by atoms with Crippen molar-refractivity contribution in [1.82, 2.24) is 0 Å². The van der Waals surface area contributed by atoms with E-state index in [1.165, 1.54) is 18.2 Å². The van der Waals surface area contributed by atoms with Gasteiger partial charge in [0.1, 0.15) is 5.75 Å². The number of benzene rings is 2. The quantitative estimate of drug-likeness (QED) is 0.619. The molecule has 2 aromatic rings. The van der Waals surface area contributed by atoms with Gasteiger partial charge in [-0.1, -0.05) is 18.2 Å². The molecule has 1 atom stereocenters. The summed E-state index contributed by atoms with van der Waals surface area (Å²) in [6.07, 6.45) is -4.28. The normalized spacial score (nSPS) is 12.2. The van der Waals surface area contributed by atoms with Gasteiger partial charge in [0, 0.05) is 18.2 Å². The zero-order valence-corrected chi connectivity index (χ0v) is 16.1. The van der Waals surface area contributed by atoms with E-state index in [1.54, 1.807) is 32.0 Å². The molecule has 0 aliphatic rings. The highest BCUT2D eigenvalue weighted by Gasteiger charge is 2.34. The second-order valence-corrected chi connectivity index (χ2v) is 6.30. The van der Waals surface area contributed by atoms with Gasteiger partial charge >= 0.3 is 12.1 Å². The zero-order chi connectivity index (χ0) is 21.4. The molecule has 29 heavy (non-hydrogen) atoms. The van der Waals surface area contributed by atoms with Gasteiger partial charge in [-0.15, -0.1) is 0 Å². The lowest BCUT2D eigenvalue weighted by molar-refractivity contribution is -0.143. The highest BCUT2D eigenvalue weighted by atomic mass is 19.4. The lowest BCUT2D eigenvalue weighted by Gasteiger charge is -2.16. The Morgan fingerprint density at radius 2 is 1.83 bits per heavy atom. The van der Waals surface area contributed by atoms with Crippen LogP contribution >= 0.6 is 0 Å². The number of nitrogens with one attached hydrogen (secondary N) is 1. The number of esters is 1. The third kappa shape index (κ3) is 6.81. The minimum absolute atomic E-state index is 0.208. The van der Waals surface area contributed by atoms with Crippen LogP contribution in [-0.2, 0) is 15.7 Å². The molecule has 156 valence electrons. The van der Waals surface area contributed by atoms with E-state index in [2.05, 4.69) is 5.32 Å². The first-order valence-electron chi connectivity index (χ1n) is 9.10. The molecule has 2 rings (SSSR count). The van der Waals surface area contributed by atoms with Crippen molar-refractivity contribution in [2.75, 3.05) is 11.9 Å². The molecule has 0 heterocycles. The molecular weight excluding hydrogens is 387 g/mol. The maximum Gasteiger partial charge on any atom is 0.417 e. The Morgan fingerprint density at radius 3 is 2.52 bits per heavy atom. The Labute approximate surface area is 166 Å². The molecule has 1 unspecified atom stereocenters. The molecule has 0 spiro atoms. The monoisotopic (exact) mass is 409 g/mol. The molecule has 1 amide bonds. The lowest BCUT2D eigenvalue weighted by Crippen LogP contribution is -2.19. The fraction of sp³-hybridized carbons (Fsp3) is 0.333. The van der Waals surface area contributed by atoms with E-state index in [0.717, 1.165) is 12.1 Å². The van der Waals surface area contributed by atoms with Crippen LogP contribution in [0.5, 0.6) is 5.75 Å². The summed E-state index contributed by atoms with van der Waals surface area (Å²) in [7, 11) is 0. The number of anilines is 1. The van der Waals surface area contributed by atoms with E-state index in [-0.39, 0.29) is 18.5 Å². The molecule has 1 N–H and O–H groups in total. The van der Waals surface area contributed by atoms with Crippen molar-refractivity contribution in [2.45, 2.75) is 39.0 Å². The Morgan fingerprint density at radius 1 is 1.10 bits per heavy atom. The largest absolute Gasteiger partial charge is 0.491 e. The summed E-state index contributed by atoms with van der Waals surface area (Å²) in [6, 6.07) is 10.9. The first-order valence-corrected chi connectivity index (χ1v) is 9.10. The summed E-state index contributed by atoms with van der Waals surface area (Å²) in [4.78, 5) is 23.8.